The van der Waals surface area contributed by atoms with E-state index in [1.165, 1.54) is 12.5 Å². The Kier molecular flexibility index (Phi) is 6.17. The van der Waals surface area contributed by atoms with Gasteiger partial charge in [0.05, 0.1) is 0 Å². The Morgan fingerprint density at radius 1 is 0.920 bits per heavy atom. The molecule has 0 bridgehead atoms. The minimum absolute atomic E-state index is 0.162. The maximum Gasteiger partial charge on any atom is 0.265 e. The third-order valence-corrected chi connectivity index (χ3v) is 3.68. The van der Waals surface area contributed by atoms with Crippen molar-refractivity contribution in [3.63, 3.8) is 0 Å². The van der Waals surface area contributed by atoms with Gasteiger partial charge in [0.2, 0.25) is 5.91 Å². The molecule has 2 rings (SSSR count). The normalized spacial score (nSPS) is 11.7. The smallest absolute Gasteiger partial charge is 0.265 e. The molecule has 0 heterocycles. The molecule has 0 aromatic heterocycles. The van der Waals surface area contributed by atoms with Crippen molar-refractivity contribution in [1.29, 1.82) is 0 Å². The highest BCUT2D eigenvalue weighted by molar-refractivity contribution is 5.95. The van der Waals surface area contributed by atoms with Crippen LogP contribution in [0.25, 0.3) is 0 Å². The van der Waals surface area contributed by atoms with E-state index in [-0.39, 0.29) is 11.8 Å². The molecule has 0 aliphatic heterocycles. The summed E-state index contributed by atoms with van der Waals surface area (Å²) in [7, 11) is 0. The van der Waals surface area contributed by atoms with Crippen LogP contribution >= 0.6 is 0 Å². The summed E-state index contributed by atoms with van der Waals surface area (Å²) in [6.45, 7) is 7.39. The van der Waals surface area contributed by atoms with Crippen LogP contribution in [0, 0.1) is 0 Å². The van der Waals surface area contributed by atoms with Crippen molar-refractivity contribution in [3.8, 4) is 5.75 Å². The lowest BCUT2D eigenvalue weighted by Crippen LogP contribution is -2.30. The molecule has 132 valence electrons. The lowest BCUT2D eigenvalue weighted by Gasteiger charge is -2.16. The summed E-state index contributed by atoms with van der Waals surface area (Å²) in [5.41, 5.74) is 2.45. The summed E-state index contributed by atoms with van der Waals surface area (Å²) < 4.78 is 5.70. The van der Waals surface area contributed by atoms with Crippen molar-refractivity contribution >= 4 is 23.2 Å². The van der Waals surface area contributed by atoms with Crippen LogP contribution in [0.3, 0.4) is 0 Å². The van der Waals surface area contributed by atoms with E-state index < -0.39 is 6.10 Å². The van der Waals surface area contributed by atoms with E-state index in [0.29, 0.717) is 23.0 Å². The summed E-state index contributed by atoms with van der Waals surface area (Å²) in [4.78, 5) is 23.4. The van der Waals surface area contributed by atoms with Crippen molar-refractivity contribution in [3.05, 3.63) is 54.1 Å². The molecule has 25 heavy (non-hydrogen) atoms. The summed E-state index contributed by atoms with van der Waals surface area (Å²) >= 11 is 0. The minimum atomic E-state index is -0.644. The van der Waals surface area contributed by atoms with Crippen LogP contribution in [0.15, 0.2) is 48.5 Å². The summed E-state index contributed by atoms with van der Waals surface area (Å²) in [5.74, 6) is 0.683. The lowest BCUT2D eigenvalue weighted by atomic mass is 10.0. The number of hydrogen-bond acceptors (Lipinski definition) is 3. The molecule has 0 saturated carbocycles. The van der Waals surface area contributed by atoms with Crippen molar-refractivity contribution in [1.82, 2.24) is 0 Å². The first-order valence-corrected chi connectivity index (χ1v) is 8.30. The van der Waals surface area contributed by atoms with Crippen LogP contribution in [-0.2, 0) is 9.59 Å². The monoisotopic (exact) mass is 340 g/mol. The molecule has 0 fully saturated rings. The number of nitrogens with one attached hydrogen (secondary N) is 2. The van der Waals surface area contributed by atoms with Gasteiger partial charge in [-0.05, 0) is 48.7 Å². The van der Waals surface area contributed by atoms with Gasteiger partial charge in [0, 0.05) is 18.3 Å². The fraction of sp³-hybridized carbons (Fsp3) is 0.300. The average Bonchev–Trinajstić information content (AvgIpc) is 2.55. The highest BCUT2D eigenvalue weighted by Crippen LogP contribution is 2.20. The van der Waals surface area contributed by atoms with Gasteiger partial charge >= 0.3 is 0 Å². The number of hydrogen-bond donors (Lipinski definition) is 2. The maximum absolute atomic E-state index is 12.3. The van der Waals surface area contributed by atoms with E-state index in [9.17, 15) is 9.59 Å². The molecule has 0 aliphatic rings. The van der Waals surface area contributed by atoms with E-state index in [1.807, 2.05) is 24.3 Å². The zero-order chi connectivity index (χ0) is 18.4. The van der Waals surface area contributed by atoms with Crippen LogP contribution in [0.1, 0.15) is 39.2 Å². The highest BCUT2D eigenvalue weighted by atomic mass is 16.5. The minimum Gasteiger partial charge on any atom is -0.481 e. The second kappa shape index (κ2) is 8.33. The molecular formula is C20H24N2O3. The predicted molar refractivity (Wildman–Crippen MR) is 100.0 cm³/mol. The van der Waals surface area contributed by atoms with Crippen molar-refractivity contribution < 1.29 is 14.3 Å². The van der Waals surface area contributed by atoms with Gasteiger partial charge in [-0.3, -0.25) is 9.59 Å². The Morgan fingerprint density at radius 3 is 2.08 bits per heavy atom. The highest BCUT2D eigenvalue weighted by Gasteiger charge is 2.15. The van der Waals surface area contributed by atoms with E-state index in [2.05, 4.69) is 24.5 Å². The topological polar surface area (TPSA) is 67.4 Å². The molecule has 0 aliphatic carbocycles. The molecule has 0 radical (unpaired) electrons. The summed E-state index contributed by atoms with van der Waals surface area (Å²) in [6.07, 6.45) is -0.644. The maximum atomic E-state index is 12.3. The number of ether oxygens (including phenoxy) is 1. The molecule has 2 N–H and O–H groups in total. The van der Waals surface area contributed by atoms with Crippen LogP contribution in [0.4, 0.5) is 11.4 Å². The van der Waals surface area contributed by atoms with Gasteiger partial charge in [-0.1, -0.05) is 32.0 Å². The Balaban J connectivity index is 1.97. The molecule has 1 atom stereocenters. The van der Waals surface area contributed by atoms with Crippen LogP contribution in [-0.4, -0.2) is 17.9 Å². The number of amides is 2. The number of carbonyl (C=O) groups excluding carboxylic acids is 2. The van der Waals surface area contributed by atoms with E-state index >= 15 is 0 Å². The third-order valence-electron chi connectivity index (χ3n) is 3.68. The second-order valence-electron chi connectivity index (χ2n) is 6.24. The first kappa shape index (κ1) is 18.5. The Morgan fingerprint density at radius 2 is 1.52 bits per heavy atom. The molecule has 2 amide bonds. The molecule has 0 unspecified atom stereocenters. The van der Waals surface area contributed by atoms with Crippen LogP contribution in [0.2, 0.25) is 0 Å². The molecule has 0 spiro atoms. The Bertz CT molecular complexity index is 739. The number of carbonyl (C=O) groups is 2. The SMILES string of the molecule is CC(=O)Nc1cccc(NC(=O)[C@H](C)Oc2ccc(C(C)C)cc2)c1. The zero-order valence-electron chi connectivity index (χ0n) is 15.0. The first-order valence-electron chi connectivity index (χ1n) is 8.30. The van der Waals surface area contributed by atoms with Crippen molar-refractivity contribution in [2.24, 2.45) is 0 Å². The Hall–Kier alpha value is -2.82. The molecule has 5 heteroatoms. The number of benzene rings is 2. The quantitative estimate of drug-likeness (QED) is 0.829. The molecule has 5 nitrogen and oxygen atoms in total. The Labute approximate surface area is 148 Å². The van der Waals surface area contributed by atoms with Gasteiger partial charge in [-0.2, -0.15) is 0 Å². The molecule has 2 aromatic carbocycles. The lowest BCUT2D eigenvalue weighted by molar-refractivity contribution is -0.122. The summed E-state index contributed by atoms with van der Waals surface area (Å²) in [5, 5.41) is 5.47. The van der Waals surface area contributed by atoms with E-state index in [1.54, 1.807) is 31.2 Å². The molecular weight excluding hydrogens is 316 g/mol. The molecule has 2 aromatic rings. The van der Waals surface area contributed by atoms with Gasteiger partial charge in [0.1, 0.15) is 5.75 Å². The van der Waals surface area contributed by atoms with Crippen LogP contribution in [0.5, 0.6) is 5.75 Å². The largest absolute Gasteiger partial charge is 0.481 e. The fourth-order valence-corrected chi connectivity index (χ4v) is 2.31. The van der Waals surface area contributed by atoms with Crippen molar-refractivity contribution in [2.45, 2.75) is 39.7 Å². The van der Waals surface area contributed by atoms with E-state index in [4.69, 9.17) is 4.74 Å². The first-order chi connectivity index (χ1) is 11.8. The van der Waals surface area contributed by atoms with Crippen molar-refractivity contribution in [2.75, 3.05) is 10.6 Å². The van der Waals surface area contributed by atoms with Gasteiger partial charge in [0.25, 0.3) is 5.91 Å². The average molecular weight is 340 g/mol. The zero-order valence-corrected chi connectivity index (χ0v) is 15.0. The summed E-state index contributed by atoms with van der Waals surface area (Å²) in [6, 6.07) is 14.7. The number of rotatable bonds is 6. The van der Waals surface area contributed by atoms with Gasteiger partial charge in [-0.15, -0.1) is 0 Å². The number of anilines is 2. The van der Waals surface area contributed by atoms with E-state index in [0.717, 1.165) is 0 Å². The second-order valence-corrected chi connectivity index (χ2v) is 6.24. The van der Waals surface area contributed by atoms with Gasteiger partial charge < -0.3 is 15.4 Å². The predicted octanol–water partition coefficient (Wildman–Crippen LogP) is 4.17. The van der Waals surface area contributed by atoms with Gasteiger partial charge in [0.15, 0.2) is 6.10 Å². The van der Waals surface area contributed by atoms with Crippen LogP contribution < -0.4 is 15.4 Å². The standard InChI is InChI=1S/C20H24N2O3/c1-13(2)16-8-10-19(11-9-16)25-14(3)20(24)22-18-7-5-6-17(12-18)21-15(4)23/h5-14H,1-4H3,(H,21,23)(H,22,24)/t14-/m0/s1. The van der Waals surface area contributed by atoms with Gasteiger partial charge in [-0.25, -0.2) is 0 Å². The fourth-order valence-electron chi connectivity index (χ4n) is 2.31. The third kappa shape index (κ3) is 5.64. The molecule has 0 saturated heterocycles.